The molecule has 0 saturated heterocycles. The van der Waals surface area contributed by atoms with E-state index in [1.807, 2.05) is 6.92 Å². The van der Waals surface area contributed by atoms with Gasteiger partial charge in [0.15, 0.2) is 0 Å². The summed E-state index contributed by atoms with van der Waals surface area (Å²) in [6.07, 6.45) is 3.04. The van der Waals surface area contributed by atoms with E-state index in [0.717, 1.165) is 0 Å². The predicted molar refractivity (Wildman–Crippen MR) is 58.5 cm³/mol. The lowest BCUT2D eigenvalue weighted by molar-refractivity contribution is 0.684. The third-order valence-electron chi connectivity index (χ3n) is 1.63. The van der Waals surface area contributed by atoms with Crippen molar-refractivity contribution in [2.75, 3.05) is 29.1 Å². The first-order valence-corrected chi connectivity index (χ1v) is 5.87. The van der Waals surface area contributed by atoms with Crippen molar-refractivity contribution in [3.63, 3.8) is 0 Å². The van der Waals surface area contributed by atoms with Crippen LogP contribution in [-0.2, 0) is 10.8 Å². The normalized spacial score (nSPS) is 12.4. The van der Waals surface area contributed by atoms with E-state index in [9.17, 15) is 4.21 Å². The standard InChI is InChI=1S/C8H14N4OS/c1-2-14(13)4-3-10-8-6-11-7(9)5-12-8/h5-6H,2-4H2,1H3,(H2,9,11)(H,10,12). The van der Waals surface area contributed by atoms with Crippen LogP contribution in [0.25, 0.3) is 0 Å². The van der Waals surface area contributed by atoms with Crippen LogP contribution < -0.4 is 11.1 Å². The first kappa shape index (κ1) is 10.9. The molecule has 0 bridgehead atoms. The second-order valence-corrected chi connectivity index (χ2v) is 4.55. The summed E-state index contributed by atoms with van der Waals surface area (Å²) in [6.45, 7) is 2.54. The number of nitrogens with one attached hydrogen (secondary N) is 1. The molecule has 0 saturated carbocycles. The van der Waals surface area contributed by atoms with E-state index in [-0.39, 0.29) is 0 Å². The fourth-order valence-corrected chi connectivity index (χ4v) is 1.48. The summed E-state index contributed by atoms with van der Waals surface area (Å²) in [5.41, 5.74) is 5.38. The van der Waals surface area contributed by atoms with Gasteiger partial charge in [0.25, 0.3) is 0 Å². The maximum absolute atomic E-state index is 11.1. The number of nitrogens with two attached hydrogens (primary N) is 1. The lowest BCUT2D eigenvalue weighted by Crippen LogP contribution is -2.12. The monoisotopic (exact) mass is 214 g/mol. The Morgan fingerprint density at radius 1 is 1.50 bits per heavy atom. The molecule has 0 aliphatic carbocycles. The van der Waals surface area contributed by atoms with E-state index in [1.165, 1.54) is 6.20 Å². The van der Waals surface area contributed by atoms with Gasteiger partial charge in [-0.3, -0.25) is 4.21 Å². The first-order valence-electron chi connectivity index (χ1n) is 4.38. The summed E-state index contributed by atoms with van der Waals surface area (Å²) in [5.74, 6) is 2.37. The van der Waals surface area contributed by atoms with Gasteiger partial charge in [0, 0.05) is 28.9 Å². The SMILES string of the molecule is CCS(=O)CCNc1cnc(N)cn1. The van der Waals surface area contributed by atoms with Crippen molar-refractivity contribution in [3.8, 4) is 0 Å². The molecule has 1 aromatic heterocycles. The fourth-order valence-electron chi connectivity index (χ4n) is 0.867. The maximum Gasteiger partial charge on any atom is 0.144 e. The minimum atomic E-state index is -0.740. The highest BCUT2D eigenvalue weighted by molar-refractivity contribution is 7.84. The van der Waals surface area contributed by atoms with E-state index >= 15 is 0 Å². The molecule has 0 fully saturated rings. The van der Waals surface area contributed by atoms with Crippen molar-refractivity contribution in [3.05, 3.63) is 12.4 Å². The summed E-state index contributed by atoms with van der Waals surface area (Å²) < 4.78 is 11.1. The number of hydrogen-bond acceptors (Lipinski definition) is 5. The molecule has 1 heterocycles. The van der Waals surface area contributed by atoms with Crippen LogP contribution >= 0.6 is 0 Å². The summed E-state index contributed by atoms with van der Waals surface area (Å²) in [7, 11) is -0.740. The minimum Gasteiger partial charge on any atom is -0.382 e. The Bertz CT molecular complexity index is 301. The van der Waals surface area contributed by atoms with Gasteiger partial charge in [0.05, 0.1) is 12.4 Å². The number of hydrogen-bond donors (Lipinski definition) is 2. The molecule has 0 aliphatic rings. The second-order valence-electron chi connectivity index (χ2n) is 2.69. The molecule has 14 heavy (non-hydrogen) atoms. The molecule has 0 aromatic carbocycles. The molecule has 5 nitrogen and oxygen atoms in total. The summed E-state index contributed by atoms with van der Waals surface area (Å²) >= 11 is 0. The third-order valence-corrected chi connectivity index (χ3v) is 2.93. The molecule has 6 heteroatoms. The number of aromatic nitrogens is 2. The average molecular weight is 214 g/mol. The lowest BCUT2D eigenvalue weighted by Gasteiger charge is -2.03. The van der Waals surface area contributed by atoms with Gasteiger partial charge in [-0.25, -0.2) is 9.97 Å². The Morgan fingerprint density at radius 2 is 2.29 bits per heavy atom. The highest BCUT2D eigenvalue weighted by Crippen LogP contribution is 2.00. The van der Waals surface area contributed by atoms with Crippen LogP contribution in [0.1, 0.15) is 6.92 Å². The maximum atomic E-state index is 11.1. The Balaban J connectivity index is 2.31. The quantitative estimate of drug-likeness (QED) is 0.733. The van der Waals surface area contributed by atoms with Crippen molar-refractivity contribution in [1.29, 1.82) is 0 Å². The van der Waals surface area contributed by atoms with Crippen LogP contribution in [0.2, 0.25) is 0 Å². The van der Waals surface area contributed by atoms with E-state index < -0.39 is 10.8 Å². The summed E-state index contributed by atoms with van der Waals surface area (Å²) in [4.78, 5) is 7.88. The van der Waals surface area contributed by atoms with Crippen LogP contribution in [0.5, 0.6) is 0 Å². The molecule has 0 radical (unpaired) electrons. The van der Waals surface area contributed by atoms with Gasteiger partial charge in [-0.1, -0.05) is 6.92 Å². The highest BCUT2D eigenvalue weighted by Gasteiger charge is 1.97. The van der Waals surface area contributed by atoms with Crippen LogP contribution in [-0.4, -0.2) is 32.2 Å². The number of nitrogen functional groups attached to an aromatic ring is 1. The van der Waals surface area contributed by atoms with E-state index in [0.29, 0.717) is 29.7 Å². The van der Waals surface area contributed by atoms with Crippen LogP contribution in [0.3, 0.4) is 0 Å². The van der Waals surface area contributed by atoms with Gasteiger partial charge in [0.1, 0.15) is 11.6 Å². The lowest BCUT2D eigenvalue weighted by atomic mass is 10.6. The van der Waals surface area contributed by atoms with Gasteiger partial charge in [-0.05, 0) is 0 Å². The predicted octanol–water partition coefficient (Wildman–Crippen LogP) is 0.239. The molecule has 1 rings (SSSR count). The zero-order chi connectivity index (χ0) is 10.4. The Labute approximate surface area is 85.6 Å². The van der Waals surface area contributed by atoms with Crippen molar-refractivity contribution >= 4 is 22.4 Å². The fraction of sp³-hybridized carbons (Fsp3) is 0.500. The molecule has 1 aromatic rings. The van der Waals surface area contributed by atoms with Crippen molar-refractivity contribution in [2.24, 2.45) is 0 Å². The summed E-state index contributed by atoms with van der Waals surface area (Å²) in [5, 5.41) is 3.01. The van der Waals surface area contributed by atoms with Gasteiger partial charge in [-0.15, -0.1) is 0 Å². The molecule has 0 spiro atoms. The number of rotatable bonds is 5. The van der Waals surface area contributed by atoms with Gasteiger partial charge in [-0.2, -0.15) is 0 Å². The molecular formula is C8H14N4OS. The summed E-state index contributed by atoms with van der Waals surface area (Å²) in [6, 6.07) is 0. The van der Waals surface area contributed by atoms with Gasteiger partial charge < -0.3 is 11.1 Å². The Kier molecular flexibility index (Phi) is 4.31. The minimum absolute atomic E-state index is 0.396. The van der Waals surface area contributed by atoms with Crippen LogP contribution in [0.4, 0.5) is 11.6 Å². The molecular weight excluding hydrogens is 200 g/mol. The van der Waals surface area contributed by atoms with Crippen LogP contribution in [0, 0.1) is 0 Å². The Hall–Kier alpha value is -1.17. The molecule has 0 amide bonds. The molecule has 78 valence electrons. The largest absolute Gasteiger partial charge is 0.382 e. The molecule has 0 aliphatic heterocycles. The number of anilines is 2. The highest BCUT2D eigenvalue weighted by atomic mass is 32.2. The molecule has 1 atom stereocenters. The topological polar surface area (TPSA) is 80.9 Å². The van der Waals surface area contributed by atoms with E-state index in [2.05, 4.69) is 15.3 Å². The molecule has 3 N–H and O–H groups in total. The molecule has 1 unspecified atom stereocenters. The van der Waals surface area contributed by atoms with Gasteiger partial charge >= 0.3 is 0 Å². The number of nitrogens with zero attached hydrogens (tertiary/aromatic N) is 2. The first-order chi connectivity index (χ1) is 6.72. The van der Waals surface area contributed by atoms with Crippen molar-refractivity contribution in [2.45, 2.75) is 6.92 Å². The third kappa shape index (κ3) is 3.69. The van der Waals surface area contributed by atoms with Crippen molar-refractivity contribution < 1.29 is 4.21 Å². The Morgan fingerprint density at radius 3 is 2.86 bits per heavy atom. The van der Waals surface area contributed by atoms with Crippen molar-refractivity contribution in [1.82, 2.24) is 9.97 Å². The smallest absolute Gasteiger partial charge is 0.144 e. The van der Waals surface area contributed by atoms with Gasteiger partial charge in [0.2, 0.25) is 0 Å². The average Bonchev–Trinajstić information content (AvgIpc) is 2.21. The van der Waals surface area contributed by atoms with Crippen LogP contribution in [0.15, 0.2) is 12.4 Å². The zero-order valence-corrected chi connectivity index (χ0v) is 8.88. The second kappa shape index (κ2) is 5.54. The zero-order valence-electron chi connectivity index (χ0n) is 8.06. The van der Waals surface area contributed by atoms with E-state index in [1.54, 1.807) is 6.20 Å². The van der Waals surface area contributed by atoms with E-state index in [4.69, 9.17) is 5.73 Å².